The van der Waals surface area contributed by atoms with Crippen molar-refractivity contribution in [2.45, 2.75) is 6.42 Å². The Bertz CT molecular complexity index is 523. The highest BCUT2D eigenvalue weighted by atomic mass is 16.5. The van der Waals surface area contributed by atoms with Crippen molar-refractivity contribution >= 4 is 0 Å². The van der Waals surface area contributed by atoms with Gasteiger partial charge in [-0.1, -0.05) is 42.5 Å². The summed E-state index contributed by atoms with van der Waals surface area (Å²) < 4.78 is 5.74. The van der Waals surface area contributed by atoms with Crippen LogP contribution in [0.1, 0.15) is 11.1 Å². The Labute approximate surface area is 133 Å². The van der Waals surface area contributed by atoms with Crippen molar-refractivity contribution in [3.63, 3.8) is 0 Å². The minimum absolute atomic E-state index is 0.700. The summed E-state index contributed by atoms with van der Waals surface area (Å²) in [4.78, 5) is 2.17. The van der Waals surface area contributed by atoms with E-state index in [0.717, 1.165) is 31.8 Å². The van der Waals surface area contributed by atoms with E-state index in [2.05, 4.69) is 72.8 Å². The monoisotopic (exact) mass is 298 g/mol. The molecule has 22 heavy (non-hydrogen) atoms. The van der Waals surface area contributed by atoms with Crippen molar-refractivity contribution in [2.24, 2.45) is 0 Å². The van der Waals surface area contributed by atoms with Gasteiger partial charge < -0.3 is 15.0 Å². The molecule has 0 saturated carbocycles. The van der Waals surface area contributed by atoms with E-state index in [9.17, 15) is 0 Å². The molecule has 0 aliphatic rings. The van der Waals surface area contributed by atoms with Crippen LogP contribution in [0, 0.1) is 0 Å². The summed E-state index contributed by atoms with van der Waals surface area (Å²) in [7, 11) is 4.16. The van der Waals surface area contributed by atoms with E-state index in [0.29, 0.717) is 6.61 Å². The molecule has 118 valence electrons. The molecule has 0 aromatic heterocycles. The second kappa shape index (κ2) is 9.23. The van der Waals surface area contributed by atoms with Crippen LogP contribution in [-0.2, 0) is 6.42 Å². The molecule has 0 atom stereocenters. The largest absolute Gasteiger partial charge is 0.492 e. The number of nitrogens with one attached hydrogen (secondary N) is 1. The molecule has 2 aromatic rings. The zero-order chi connectivity index (χ0) is 15.6. The molecule has 0 aliphatic carbocycles. The van der Waals surface area contributed by atoms with Gasteiger partial charge in [-0.3, -0.25) is 0 Å². The molecule has 0 aliphatic heterocycles. The fourth-order valence-corrected chi connectivity index (χ4v) is 2.20. The SMILES string of the molecule is CN(C)CCNCCOc1ccc(Cc2ccccc2)cc1. The van der Waals surface area contributed by atoms with Crippen LogP contribution < -0.4 is 10.1 Å². The predicted octanol–water partition coefficient (Wildman–Crippen LogP) is 2.81. The van der Waals surface area contributed by atoms with Crippen LogP contribution in [0.4, 0.5) is 0 Å². The number of nitrogens with zero attached hydrogens (tertiary/aromatic N) is 1. The van der Waals surface area contributed by atoms with Gasteiger partial charge in [0.25, 0.3) is 0 Å². The normalized spacial score (nSPS) is 10.9. The summed E-state index contributed by atoms with van der Waals surface area (Å²) in [5.41, 5.74) is 2.64. The first kappa shape index (κ1) is 16.5. The third kappa shape index (κ3) is 6.29. The smallest absolute Gasteiger partial charge is 0.119 e. The first-order valence-corrected chi connectivity index (χ1v) is 7.85. The number of hydrogen-bond acceptors (Lipinski definition) is 3. The van der Waals surface area contributed by atoms with Crippen LogP contribution in [0.2, 0.25) is 0 Å². The summed E-state index contributed by atoms with van der Waals surface area (Å²) in [6, 6.07) is 18.9. The Morgan fingerprint density at radius 1 is 0.864 bits per heavy atom. The summed E-state index contributed by atoms with van der Waals surface area (Å²) in [5.74, 6) is 0.936. The van der Waals surface area contributed by atoms with Crippen molar-refractivity contribution in [3.8, 4) is 5.75 Å². The van der Waals surface area contributed by atoms with Crippen molar-refractivity contribution in [1.82, 2.24) is 10.2 Å². The molecule has 2 rings (SSSR count). The van der Waals surface area contributed by atoms with E-state index in [-0.39, 0.29) is 0 Å². The Morgan fingerprint density at radius 2 is 1.55 bits per heavy atom. The maximum atomic E-state index is 5.74. The Morgan fingerprint density at radius 3 is 2.23 bits per heavy atom. The number of likely N-dealkylation sites (N-methyl/N-ethyl adjacent to an activating group) is 1. The molecule has 3 nitrogen and oxygen atoms in total. The van der Waals surface area contributed by atoms with E-state index in [4.69, 9.17) is 4.74 Å². The lowest BCUT2D eigenvalue weighted by molar-refractivity contribution is 0.308. The Hall–Kier alpha value is -1.84. The lowest BCUT2D eigenvalue weighted by atomic mass is 10.1. The molecular formula is C19H26N2O. The minimum Gasteiger partial charge on any atom is -0.492 e. The van der Waals surface area contributed by atoms with E-state index in [1.807, 2.05) is 6.07 Å². The molecule has 0 heterocycles. The average Bonchev–Trinajstić information content (AvgIpc) is 2.53. The first-order chi connectivity index (χ1) is 10.7. The fourth-order valence-electron chi connectivity index (χ4n) is 2.20. The van der Waals surface area contributed by atoms with Gasteiger partial charge >= 0.3 is 0 Å². The van der Waals surface area contributed by atoms with Gasteiger partial charge in [-0.25, -0.2) is 0 Å². The van der Waals surface area contributed by atoms with Gasteiger partial charge in [0.15, 0.2) is 0 Å². The molecule has 0 spiro atoms. The van der Waals surface area contributed by atoms with Gasteiger partial charge in [0.1, 0.15) is 12.4 Å². The van der Waals surface area contributed by atoms with Gasteiger partial charge in [0.05, 0.1) is 0 Å². The van der Waals surface area contributed by atoms with Gasteiger partial charge in [0, 0.05) is 19.6 Å². The number of rotatable bonds is 9. The highest BCUT2D eigenvalue weighted by Crippen LogP contribution is 2.15. The molecule has 0 fully saturated rings. The molecule has 3 heteroatoms. The highest BCUT2D eigenvalue weighted by Gasteiger charge is 1.98. The van der Waals surface area contributed by atoms with E-state index in [1.54, 1.807) is 0 Å². The van der Waals surface area contributed by atoms with Crippen LogP contribution in [0.5, 0.6) is 5.75 Å². The van der Waals surface area contributed by atoms with Crippen LogP contribution >= 0.6 is 0 Å². The van der Waals surface area contributed by atoms with Crippen LogP contribution in [-0.4, -0.2) is 45.2 Å². The van der Waals surface area contributed by atoms with Crippen molar-refractivity contribution in [3.05, 3.63) is 65.7 Å². The van der Waals surface area contributed by atoms with Crippen LogP contribution in [0.25, 0.3) is 0 Å². The second-order valence-electron chi connectivity index (χ2n) is 5.71. The third-order valence-electron chi connectivity index (χ3n) is 3.46. The molecule has 2 aromatic carbocycles. The van der Waals surface area contributed by atoms with Gasteiger partial charge in [0.2, 0.25) is 0 Å². The molecular weight excluding hydrogens is 272 g/mol. The number of ether oxygens (including phenoxy) is 1. The van der Waals surface area contributed by atoms with Crippen LogP contribution in [0.3, 0.4) is 0 Å². The summed E-state index contributed by atoms with van der Waals surface area (Å²) in [6.45, 7) is 3.62. The predicted molar refractivity (Wildman–Crippen MR) is 92.6 cm³/mol. The summed E-state index contributed by atoms with van der Waals surface area (Å²) >= 11 is 0. The maximum absolute atomic E-state index is 5.74. The van der Waals surface area contributed by atoms with Crippen molar-refractivity contribution in [1.29, 1.82) is 0 Å². The molecule has 0 unspecified atom stereocenters. The Kier molecular flexibility index (Phi) is 6.94. The van der Waals surface area contributed by atoms with Crippen molar-refractivity contribution in [2.75, 3.05) is 40.3 Å². The fraction of sp³-hybridized carbons (Fsp3) is 0.368. The maximum Gasteiger partial charge on any atom is 0.119 e. The van der Waals surface area contributed by atoms with Crippen LogP contribution in [0.15, 0.2) is 54.6 Å². The second-order valence-corrected chi connectivity index (χ2v) is 5.71. The van der Waals surface area contributed by atoms with Gasteiger partial charge in [-0.15, -0.1) is 0 Å². The third-order valence-corrected chi connectivity index (χ3v) is 3.46. The quantitative estimate of drug-likeness (QED) is 0.721. The Balaban J connectivity index is 1.68. The number of benzene rings is 2. The molecule has 0 bridgehead atoms. The molecule has 1 N–H and O–H groups in total. The zero-order valence-corrected chi connectivity index (χ0v) is 13.6. The molecule has 0 radical (unpaired) electrons. The zero-order valence-electron chi connectivity index (χ0n) is 13.6. The molecule has 0 saturated heterocycles. The van der Waals surface area contributed by atoms with Gasteiger partial charge in [-0.2, -0.15) is 0 Å². The van der Waals surface area contributed by atoms with Gasteiger partial charge in [-0.05, 0) is 43.8 Å². The lowest BCUT2D eigenvalue weighted by Crippen LogP contribution is -2.29. The topological polar surface area (TPSA) is 24.5 Å². The standard InChI is InChI=1S/C19H26N2O/c1-21(2)14-12-20-13-15-22-19-10-8-18(9-11-19)16-17-6-4-3-5-7-17/h3-11,20H,12-16H2,1-2H3. The minimum atomic E-state index is 0.700. The van der Waals surface area contributed by atoms with E-state index >= 15 is 0 Å². The average molecular weight is 298 g/mol. The van der Waals surface area contributed by atoms with Crippen molar-refractivity contribution < 1.29 is 4.74 Å². The molecule has 0 amide bonds. The lowest BCUT2D eigenvalue weighted by Gasteiger charge is -2.11. The first-order valence-electron chi connectivity index (χ1n) is 7.85. The van der Waals surface area contributed by atoms with E-state index < -0.39 is 0 Å². The van der Waals surface area contributed by atoms with E-state index in [1.165, 1.54) is 11.1 Å². The summed E-state index contributed by atoms with van der Waals surface area (Å²) in [5, 5.41) is 3.36. The summed E-state index contributed by atoms with van der Waals surface area (Å²) in [6.07, 6.45) is 0.965. The highest BCUT2D eigenvalue weighted by molar-refractivity contribution is 5.31. The number of hydrogen-bond donors (Lipinski definition) is 1.